The summed E-state index contributed by atoms with van der Waals surface area (Å²) in [5.74, 6) is 1.65. The van der Waals surface area contributed by atoms with E-state index in [0.29, 0.717) is 22.1 Å². The summed E-state index contributed by atoms with van der Waals surface area (Å²) >= 11 is 0. The molecule has 5 nitrogen and oxygen atoms in total. The highest BCUT2D eigenvalue weighted by molar-refractivity contribution is 7.84. The van der Waals surface area contributed by atoms with Crippen LogP contribution >= 0.6 is 0 Å². The largest absolute Gasteiger partial charge is 0.493 e. The van der Waals surface area contributed by atoms with Crippen molar-refractivity contribution in [3.05, 3.63) is 66.5 Å². The number of nitrogens with zero attached hydrogens (tertiary/aromatic N) is 2. The minimum absolute atomic E-state index is 0.439. The van der Waals surface area contributed by atoms with E-state index in [1.807, 2.05) is 36.5 Å². The van der Waals surface area contributed by atoms with Crippen molar-refractivity contribution >= 4 is 10.8 Å². The van der Waals surface area contributed by atoms with Gasteiger partial charge >= 0.3 is 0 Å². The lowest BCUT2D eigenvalue weighted by atomic mass is 10.2. The number of hydrogen-bond donors (Lipinski definition) is 0. The van der Waals surface area contributed by atoms with Gasteiger partial charge in [0.15, 0.2) is 11.5 Å². The van der Waals surface area contributed by atoms with Gasteiger partial charge in [-0.1, -0.05) is 12.1 Å². The van der Waals surface area contributed by atoms with Crippen LogP contribution in [0.5, 0.6) is 11.5 Å². The van der Waals surface area contributed by atoms with E-state index in [9.17, 15) is 4.21 Å². The maximum Gasteiger partial charge on any atom is 0.161 e. The van der Waals surface area contributed by atoms with Gasteiger partial charge in [-0.25, -0.2) is 4.68 Å². The Morgan fingerprint density at radius 3 is 2.42 bits per heavy atom. The standard InChI is InChI=1S/C18H18N2O3S/c1-22-17-9-8-16(12-18(17)23-2)24(21)13-14-4-6-15(7-5-14)20-11-3-10-19-20/h3-12H,13H2,1-2H3/t24-/m0/s1. The third-order valence-corrected chi connectivity index (χ3v) is 5.00. The second-order valence-corrected chi connectivity index (χ2v) is 6.57. The van der Waals surface area contributed by atoms with E-state index in [1.165, 1.54) is 0 Å². The van der Waals surface area contributed by atoms with Crippen LogP contribution in [0.1, 0.15) is 5.56 Å². The molecule has 0 saturated heterocycles. The first-order valence-corrected chi connectivity index (χ1v) is 8.72. The molecule has 6 heteroatoms. The van der Waals surface area contributed by atoms with Gasteiger partial charge in [0.1, 0.15) is 0 Å². The molecule has 2 aromatic carbocycles. The SMILES string of the molecule is COc1ccc([S@@](=O)Cc2ccc(-n3cccn3)cc2)cc1OC. The molecule has 0 aliphatic rings. The Morgan fingerprint density at radius 1 is 1.04 bits per heavy atom. The van der Waals surface area contributed by atoms with Crippen molar-refractivity contribution in [2.45, 2.75) is 10.6 Å². The Kier molecular flexibility index (Phi) is 4.96. The fourth-order valence-corrected chi connectivity index (χ4v) is 3.48. The zero-order chi connectivity index (χ0) is 16.9. The second-order valence-electron chi connectivity index (χ2n) is 5.12. The first-order chi connectivity index (χ1) is 11.7. The van der Waals surface area contributed by atoms with Crippen LogP contribution in [0.2, 0.25) is 0 Å². The van der Waals surface area contributed by atoms with Crippen LogP contribution in [0.4, 0.5) is 0 Å². The van der Waals surface area contributed by atoms with Crippen molar-refractivity contribution in [1.29, 1.82) is 0 Å². The number of aromatic nitrogens is 2. The predicted octanol–water partition coefficient (Wildman–Crippen LogP) is 3.20. The highest BCUT2D eigenvalue weighted by Gasteiger charge is 2.10. The lowest BCUT2D eigenvalue weighted by Gasteiger charge is -2.10. The lowest BCUT2D eigenvalue weighted by molar-refractivity contribution is 0.354. The molecule has 0 aliphatic carbocycles. The molecular weight excluding hydrogens is 324 g/mol. The Morgan fingerprint density at radius 2 is 1.79 bits per heavy atom. The van der Waals surface area contributed by atoms with Crippen molar-refractivity contribution in [1.82, 2.24) is 9.78 Å². The Hall–Kier alpha value is -2.60. The zero-order valence-electron chi connectivity index (χ0n) is 13.5. The van der Waals surface area contributed by atoms with E-state index in [2.05, 4.69) is 5.10 Å². The van der Waals surface area contributed by atoms with Gasteiger partial charge in [0, 0.05) is 23.4 Å². The number of ether oxygens (including phenoxy) is 2. The predicted molar refractivity (Wildman–Crippen MR) is 93.2 cm³/mol. The van der Waals surface area contributed by atoms with Crippen molar-refractivity contribution in [3.63, 3.8) is 0 Å². The van der Waals surface area contributed by atoms with Gasteiger partial charge in [0.05, 0.1) is 36.5 Å². The third kappa shape index (κ3) is 3.49. The number of methoxy groups -OCH3 is 2. The molecule has 0 radical (unpaired) electrons. The maximum atomic E-state index is 12.6. The van der Waals surface area contributed by atoms with E-state index in [4.69, 9.17) is 9.47 Å². The maximum absolute atomic E-state index is 12.6. The summed E-state index contributed by atoms with van der Waals surface area (Å²) in [6, 6.07) is 15.1. The van der Waals surface area contributed by atoms with Gasteiger partial charge in [-0.05, 0) is 35.9 Å². The number of benzene rings is 2. The molecule has 1 atom stereocenters. The summed E-state index contributed by atoms with van der Waals surface area (Å²) in [5, 5.41) is 4.19. The molecule has 1 heterocycles. The molecule has 0 fully saturated rings. The molecule has 0 amide bonds. The fraction of sp³-hybridized carbons (Fsp3) is 0.167. The van der Waals surface area contributed by atoms with Gasteiger partial charge in [-0.3, -0.25) is 4.21 Å². The number of rotatable bonds is 6. The van der Waals surface area contributed by atoms with E-state index in [-0.39, 0.29) is 0 Å². The van der Waals surface area contributed by atoms with Gasteiger partial charge in [-0.15, -0.1) is 0 Å². The fourth-order valence-electron chi connectivity index (χ4n) is 2.36. The van der Waals surface area contributed by atoms with E-state index in [1.54, 1.807) is 43.3 Å². The van der Waals surface area contributed by atoms with E-state index >= 15 is 0 Å². The summed E-state index contributed by atoms with van der Waals surface area (Å²) in [5.41, 5.74) is 1.97. The molecule has 24 heavy (non-hydrogen) atoms. The van der Waals surface area contributed by atoms with Crippen LogP contribution in [0.25, 0.3) is 5.69 Å². The molecule has 1 aromatic heterocycles. The highest BCUT2D eigenvalue weighted by atomic mass is 32.2. The van der Waals surface area contributed by atoms with Crippen molar-refractivity contribution in [2.24, 2.45) is 0 Å². The normalized spacial score (nSPS) is 11.9. The topological polar surface area (TPSA) is 53.4 Å². The zero-order valence-corrected chi connectivity index (χ0v) is 14.3. The lowest BCUT2D eigenvalue weighted by Crippen LogP contribution is -1.99. The molecule has 0 unspecified atom stereocenters. The van der Waals surface area contributed by atoms with Crippen LogP contribution < -0.4 is 9.47 Å². The summed E-state index contributed by atoms with van der Waals surface area (Å²) in [7, 11) is 1.99. The Balaban J connectivity index is 1.75. The smallest absolute Gasteiger partial charge is 0.161 e. The van der Waals surface area contributed by atoms with Crippen molar-refractivity contribution < 1.29 is 13.7 Å². The van der Waals surface area contributed by atoms with Crippen LogP contribution in [-0.4, -0.2) is 28.2 Å². The summed E-state index contributed by atoms with van der Waals surface area (Å²) < 4.78 is 24.9. The molecule has 0 saturated carbocycles. The minimum Gasteiger partial charge on any atom is -0.493 e. The van der Waals surface area contributed by atoms with Gasteiger partial charge < -0.3 is 9.47 Å². The molecule has 0 N–H and O–H groups in total. The second kappa shape index (κ2) is 7.31. The molecule has 3 rings (SSSR count). The highest BCUT2D eigenvalue weighted by Crippen LogP contribution is 2.29. The van der Waals surface area contributed by atoms with Crippen LogP contribution in [0.15, 0.2) is 65.8 Å². The molecule has 0 spiro atoms. The van der Waals surface area contributed by atoms with Gasteiger partial charge in [-0.2, -0.15) is 5.10 Å². The average molecular weight is 342 g/mol. The monoisotopic (exact) mass is 342 g/mol. The van der Waals surface area contributed by atoms with Crippen LogP contribution in [0, 0.1) is 0 Å². The van der Waals surface area contributed by atoms with Crippen LogP contribution in [-0.2, 0) is 16.6 Å². The van der Waals surface area contributed by atoms with E-state index in [0.717, 1.165) is 11.3 Å². The molecular formula is C18H18N2O3S. The summed E-state index contributed by atoms with van der Waals surface area (Å²) in [4.78, 5) is 0.712. The molecule has 0 aliphatic heterocycles. The molecule has 0 bridgehead atoms. The quantitative estimate of drug-likeness (QED) is 0.690. The molecule has 124 valence electrons. The first-order valence-electron chi connectivity index (χ1n) is 7.40. The van der Waals surface area contributed by atoms with Crippen LogP contribution in [0.3, 0.4) is 0 Å². The Labute approximate surface area is 143 Å². The van der Waals surface area contributed by atoms with Gasteiger partial charge in [0.2, 0.25) is 0 Å². The van der Waals surface area contributed by atoms with Crippen molar-refractivity contribution in [3.8, 4) is 17.2 Å². The van der Waals surface area contributed by atoms with E-state index < -0.39 is 10.8 Å². The minimum atomic E-state index is -1.16. The first kappa shape index (κ1) is 16.3. The average Bonchev–Trinajstić information content (AvgIpc) is 3.16. The number of hydrogen-bond acceptors (Lipinski definition) is 4. The summed E-state index contributed by atoms with van der Waals surface area (Å²) in [6.45, 7) is 0. The third-order valence-electron chi connectivity index (χ3n) is 3.62. The van der Waals surface area contributed by atoms with Gasteiger partial charge in [0.25, 0.3) is 0 Å². The molecule has 3 aromatic rings. The Bertz CT molecular complexity index is 830. The van der Waals surface area contributed by atoms with Crippen molar-refractivity contribution in [2.75, 3.05) is 14.2 Å². The summed E-state index contributed by atoms with van der Waals surface area (Å²) in [6.07, 6.45) is 3.62.